The van der Waals surface area contributed by atoms with Gasteiger partial charge in [0.2, 0.25) is 0 Å². The lowest BCUT2D eigenvalue weighted by Crippen LogP contribution is -2.28. The van der Waals surface area contributed by atoms with Crippen molar-refractivity contribution >= 4 is 17.6 Å². The summed E-state index contributed by atoms with van der Waals surface area (Å²) in [6, 6.07) is 4.99. The third-order valence-electron chi connectivity index (χ3n) is 2.74. The number of carboxylic acids is 1. The predicted molar refractivity (Wildman–Crippen MR) is 66.6 cm³/mol. The van der Waals surface area contributed by atoms with Crippen LogP contribution in [0, 0.1) is 5.92 Å². The van der Waals surface area contributed by atoms with Crippen molar-refractivity contribution in [2.45, 2.75) is 13.0 Å². The number of hydrogen-bond acceptors (Lipinski definition) is 3. The van der Waals surface area contributed by atoms with E-state index in [4.69, 9.17) is 21.4 Å². The lowest BCUT2D eigenvalue weighted by Gasteiger charge is -2.21. The molecule has 0 fully saturated rings. The monoisotopic (exact) mass is 257 g/mol. The van der Waals surface area contributed by atoms with Gasteiger partial charge in [-0.15, -0.1) is 0 Å². The first-order valence-electron chi connectivity index (χ1n) is 5.24. The fourth-order valence-corrected chi connectivity index (χ4v) is 1.99. The third-order valence-corrected chi connectivity index (χ3v) is 3.03. The molecule has 0 aliphatic rings. The Hall–Kier alpha value is -1.26. The van der Waals surface area contributed by atoms with Crippen LogP contribution in [0.3, 0.4) is 0 Å². The summed E-state index contributed by atoms with van der Waals surface area (Å²) >= 11 is 6.01. The zero-order chi connectivity index (χ0) is 13.0. The minimum absolute atomic E-state index is 0.282. The second kappa shape index (κ2) is 5.89. The molecule has 0 aliphatic carbocycles. The van der Waals surface area contributed by atoms with E-state index in [9.17, 15) is 4.79 Å². The van der Waals surface area contributed by atoms with Crippen molar-refractivity contribution in [3.63, 3.8) is 0 Å². The number of aliphatic carboxylic acids is 1. The number of carboxylic acid groups (broad SMARTS) is 1. The van der Waals surface area contributed by atoms with E-state index < -0.39 is 11.9 Å². The number of nitrogens with one attached hydrogen (secondary N) is 1. The zero-order valence-electron chi connectivity index (χ0n) is 10.0. The van der Waals surface area contributed by atoms with Gasteiger partial charge in [0.05, 0.1) is 18.1 Å². The van der Waals surface area contributed by atoms with E-state index in [-0.39, 0.29) is 6.04 Å². The molecule has 0 bridgehead atoms. The molecule has 17 heavy (non-hydrogen) atoms. The van der Waals surface area contributed by atoms with Crippen molar-refractivity contribution in [3.8, 4) is 5.75 Å². The number of halogens is 1. The number of ether oxygens (including phenoxy) is 1. The van der Waals surface area contributed by atoms with E-state index in [2.05, 4.69) is 5.32 Å². The molecule has 0 spiro atoms. The first-order chi connectivity index (χ1) is 8.01. The van der Waals surface area contributed by atoms with E-state index >= 15 is 0 Å². The van der Waals surface area contributed by atoms with Crippen LogP contribution in [0.15, 0.2) is 18.2 Å². The lowest BCUT2D eigenvalue weighted by atomic mass is 9.94. The number of benzene rings is 1. The summed E-state index contributed by atoms with van der Waals surface area (Å²) in [6.45, 7) is 1.65. The molecular formula is C12H16ClNO3. The highest BCUT2D eigenvalue weighted by molar-refractivity contribution is 6.32. The van der Waals surface area contributed by atoms with Crippen LogP contribution in [0.5, 0.6) is 5.75 Å². The van der Waals surface area contributed by atoms with Crippen molar-refractivity contribution in [3.05, 3.63) is 28.8 Å². The van der Waals surface area contributed by atoms with Gasteiger partial charge in [-0.1, -0.05) is 24.6 Å². The minimum Gasteiger partial charge on any atom is -0.495 e. The standard InChI is InChI=1S/C12H16ClNO3/c1-7(12(15)16)11(14-2)8-4-5-10(17-3)9(13)6-8/h4-7,11,14H,1-3H3,(H,15,16). The van der Waals surface area contributed by atoms with Crippen molar-refractivity contribution in [1.82, 2.24) is 5.32 Å². The fourth-order valence-electron chi connectivity index (χ4n) is 1.72. The Morgan fingerprint density at radius 3 is 2.59 bits per heavy atom. The fraction of sp³-hybridized carbons (Fsp3) is 0.417. The van der Waals surface area contributed by atoms with Crippen LogP contribution in [0.4, 0.5) is 0 Å². The number of methoxy groups -OCH3 is 1. The second-order valence-corrected chi connectivity index (χ2v) is 4.19. The summed E-state index contributed by atoms with van der Waals surface area (Å²) in [6.07, 6.45) is 0. The largest absolute Gasteiger partial charge is 0.495 e. The first-order valence-corrected chi connectivity index (χ1v) is 5.62. The molecule has 0 radical (unpaired) electrons. The molecule has 0 heterocycles. The molecule has 0 saturated heterocycles. The summed E-state index contributed by atoms with van der Waals surface area (Å²) in [5, 5.41) is 12.5. The molecule has 1 rings (SSSR count). The quantitative estimate of drug-likeness (QED) is 0.850. The van der Waals surface area contributed by atoms with Gasteiger partial charge >= 0.3 is 5.97 Å². The van der Waals surface area contributed by atoms with Gasteiger partial charge in [0.15, 0.2) is 0 Å². The van der Waals surface area contributed by atoms with Crippen LogP contribution in [0.25, 0.3) is 0 Å². The highest BCUT2D eigenvalue weighted by Gasteiger charge is 2.24. The van der Waals surface area contributed by atoms with Crippen LogP contribution in [0.2, 0.25) is 5.02 Å². The molecule has 0 saturated carbocycles. The smallest absolute Gasteiger partial charge is 0.308 e. The topological polar surface area (TPSA) is 58.6 Å². The molecule has 1 aromatic carbocycles. The lowest BCUT2D eigenvalue weighted by molar-refractivity contribution is -0.142. The molecule has 2 unspecified atom stereocenters. The van der Waals surface area contributed by atoms with E-state index in [1.807, 2.05) is 6.07 Å². The molecular weight excluding hydrogens is 242 g/mol. The van der Waals surface area contributed by atoms with Crippen molar-refractivity contribution in [2.75, 3.05) is 14.2 Å². The van der Waals surface area contributed by atoms with Crippen LogP contribution < -0.4 is 10.1 Å². The first kappa shape index (κ1) is 13.8. The Labute approximate surface area is 106 Å². The predicted octanol–water partition coefficient (Wildman–Crippen LogP) is 2.33. The van der Waals surface area contributed by atoms with Crippen molar-refractivity contribution in [1.29, 1.82) is 0 Å². The summed E-state index contributed by atoms with van der Waals surface area (Å²) < 4.78 is 5.05. The SMILES string of the molecule is CNC(c1ccc(OC)c(Cl)c1)C(C)C(=O)O. The van der Waals surface area contributed by atoms with E-state index in [0.29, 0.717) is 10.8 Å². The Kier molecular flexibility index (Phi) is 4.78. The molecule has 5 heteroatoms. The molecule has 2 N–H and O–H groups in total. The zero-order valence-corrected chi connectivity index (χ0v) is 10.8. The number of rotatable bonds is 5. The van der Waals surface area contributed by atoms with Crippen molar-refractivity contribution < 1.29 is 14.6 Å². The van der Waals surface area contributed by atoms with Gasteiger partial charge in [0, 0.05) is 6.04 Å². The maximum atomic E-state index is 11.0. The molecule has 2 atom stereocenters. The summed E-state index contributed by atoms with van der Waals surface area (Å²) in [5.41, 5.74) is 0.827. The molecule has 4 nitrogen and oxygen atoms in total. The molecule has 0 aromatic heterocycles. The van der Waals surface area contributed by atoms with Crippen LogP contribution in [0.1, 0.15) is 18.5 Å². The van der Waals surface area contributed by atoms with Gasteiger partial charge in [0.1, 0.15) is 5.75 Å². The Morgan fingerprint density at radius 1 is 1.53 bits per heavy atom. The Bertz CT molecular complexity index is 409. The van der Waals surface area contributed by atoms with E-state index in [0.717, 1.165) is 5.56 Å². The summed E-state index contributed by atoms with van der Waals surface area (Å²) in [4.78, 5) is 11.0. The number of hydrogen-bond donors (Lipinski definition) is 2. The van der Waals surface area contributed by atoms with Crippen LogP contribution in [-0.4, -0.2) is 25.2 Å². The van der Waals surface area contributed by atoms with Gasteiger partial charge in [-0.2, -0.15) is 0 Å². The van der Waals surface area contributed by atoms with Gasteiger partial charge in [0.25, 0.3) is 0 Å². The van der Waals surface area contributed by atoms with Gasteiger partial charge in [-0.05, 0) is 24.7 Å². The van der Waals surface area contributed by atoms with Gasteiger partial charge in [-0.25, -0.2) is 0 Å². The second-order valence-electron chi connectivity index (χ2n) is 3.79. The molecule has 0 amide bonds. The molecule has 1 aromatic rings. The van der Waals surface area contributed by atoms with Crippen molar-refractivity contribution in [2.24, 2.45) is 5.92 Å². The average Bonchev–Trinajstić information content (AvgIpc) is 2.30. The highest BCUT2D eigenvalue weighted by atomic mass is 35.5. The number of carbonyl (C=O) groups is 1. The minimum atomic E-state index is -0.851. The van der Waals surface area contributed by atoms with Gasteiger partial charge < -0.3 is 15.2 Å². The maximum absolute atomic E-state index is 11.0. The van der Waals surface area contributed by atoms with E-state index in [1.165, 1.54) is 7.11 Å². The highest BCUT2D eigenvalue weighted by Crippen LogP contribution is 2.30. The van der Waals surface area contributed by atoms with Crippen LogP contribution >= 0.6 is 11.6 Å². The average molecular weight is 258 g/mol. The third kappa shape index (κ3) is 3.11. The van der Waals surface area contributed by atoms with Crippen LogP contribution in [-0.2, 0) is 4.79 Å². The summed E-state index contributed by atoms with van der Waals surface area (Å²) in [5.74, 6) is -0.811. The summed E-state index contributed by atoms with van der Waals surface area (Å²) in [7, 11) is 3.26. The normalized spacial score (nSPS) is 14.1. The Morgan fingerprint density at radius 2 is 2.18 bits per heavy atom. The van der Waals surface area contributed by atoms with Gasteiger partial charge in [-0.3, -0.25) is 4.79 Å². The maximum Gasteiger partial charge on any atom is 0.308 e. The Balaban J connectivity index is 3.04. The molecule has 0 aliphatic heterocycles. The van der Waals surface area contributed by atoms with E-state index in [1.54, 1.807) is 26.1 Å². The molecule has 94 valence electrons.